The molecule has 1 fully saturated rings. The highest BCUT2D eigenvalue weighted by molar-refractivity contribution is 5.51. The van der Waals surface area contributed by atoms with Gasteiger partial charge in [-0.05, 0) is 26.8 Å². The zero-order chi connectivity index (χ0) is 13.2. The van der Waals surface area contributed by atoms with E-state index in [1.54, 1.807) is 0 Å². The van der Waals surface area contributed by atoms with E-state index in [1.807, 2.05) is 26.0 Å². The first kappa shape index (κ1) is 12.1. The van der Waals surface area contributed by atoms with Gasteiger partial charge in [0.05, 0.1) is 0 Å². The summed E-state index contributed by atoms with van der Waals surface area (Å²) in [5.41, 5.74) is 0.958. The van der Waals surface area contributed by atoms with Crippen LogP contribution in [0.15, 0.2) is 16.7 Å². The summed E-state index contributed by atoms with van der Waals surface area (Å²) >= 11 is 0. The van der Waals surface area contributed by atoms with Gasteiger partial charge in [0.25, 0.3) is 0 Å². The summed E-state index contributed by atoms with van der Waals surface area (Å²) in [6.45, 7) is 5.82. The molecule has 0 saturated carbocycles. The van der Waals surface area contributed by atoms with Gasteiger partial charge in [-0.25, -0.2) is 9.97 Å². The van der Waals surface area contributed by atoms with Gasteiger partial charge in [-0.2, -0.15) is 0 Å². The van der Waals surface area contributed by atoms with Crippen LogP contribution in [-0.2, 0) is 0 Å². The van der Waals surface area contributed by atoms with E-state index in [0.717, 1.165) is 42.6 Å². The Morgan fingerprint density at radius 2 is 2.16 bits per heavy atom. The van der Waals surface area contributed by atoms with E-state index in [2.05, 4.69) is 25.8 Å². The lowest BCUT2D eigenvalue weighted by atomic mass is 10.1. The van der Waals surface area contributed by atoms with Crippen LogP contribution in [0.25, 0.3) is 0 Å². The van der Waals surface area contributed by atoms with Crippen molar-refractivity contribution in [1.82, 2.24) is 20.4 Å². The third kappa shape index (κ3) is 2.73. The molecule has 1 atom stereocenters. The zero-order valence-corrected chi connectivity index (χ0v) is 11.1. The maximum absolute atomic E-state index is 5.03. The molecule has 0 radical (unpaired) electrons. The van der Waals surface area contributed by atoms with E-state index in [4.69, 9.17) is 4.52 Å². The third-order valence-electron chi connectivity index (χ3n) is 3.18. The standard InChI is InChI=1S/C13H17N5O/c1-8-5-11(16-12-6-9(2)19-18-12)17-13(15-8)10-3-4-14-7-10/h5-6,10,14H,3-4,7H2,1-2H3,(H,15,16,17,18). The summed E-state index contributed by atoms with van der Waals surface area (Å²) in [6, 6.07) is 3.75. The number of aryl methyl sites for hydroxylation is 2. The van der Waals surface area contributed by atoms with Crippen molar-refractivity contribution in [2.24, 2.45) is 0 Å². The van der Waals surface area contributed by atoms with E-state index in [-0.39, 0.29) is 0 Å². The van der Waals surface area contributed by atoms with Crippen molar-refractivity contribution in [2.45, 2.75) is 26.2 Å². The molecule has 0 spiro atoms. The fraction of sp³-hybridized carbons (Fsp3) is 0.462. The van der Waals surface area contributed by atoms with Crippen LogP contribution < -0.4 is 10.6 Å². The minimum Gasteiger partial charge on any atom is -0.360 e. The Balaban J connectivity index is 1.84. The SMILES string of the molecule is Cc1cc(Nc2cc(C)on2)nc(C2CCNC2)n1. The Hall–Kier alpha value is -1.95. The molecule has 0 aliphatic carbocycles. The highest BCUT2D eigenvalue weighted by Crippen LogP contribution is 2.22. The molecule has 3 rings (SSSR count). The monoisotopic (exact) mass is 259 g/mol. The number of hydrogen-bond donors (Lipinski definition) is 2. The number of anilines is 2. The second kappa shape index (κ2) is 4.97. The maximum atomic E-state index is 5.03. The van der Waals surface area contributed by atoms with Crippen LogP contribution in [0.4, 0.5) is 11.6 Å². The molecule has 0 amide bonds. The molecule has 0 bridgehead atoms. The summed E-state index contributed by atoms with van der Waals surface area (Å²) in [5, 5.41) is 10.4. The lowest BCUT2D eigenvalue weighted by Gasteiger charge is -2.10. The molecule has 6 nitrogen and oxygen atoms in total. The summed E-state index contributed by atoms with van der Waals surface area (Å²) in [4.78, 5) is 9.10. The Kier molecular flexibility index (Phi) is 3.16. The van der Waals surface area contributed by atoms with Crippen molar-refractivity contribution in [1.29, 1.82) is 0 Å². The largest absolute Gasteiger partial charge is 0.360 e. The quantitative estimate of drug-likeness (QED) is 0.876. The molecule has 19 heavy (non-hydrogen) atoms. The lowest BCUT2D eigenvalue weighted by Crippen LogP contribution is -2.11. The molecular formula is C13H17N5O. The predicted molar refractivity (Wildman–Crippen MR) is 71.5 cm³/mol. The third-order valence-corrected chi connectivity index (χ3v) is 3.18. The first-order valence-corrected chi connectivity index (χ1v) is 6.47. The fourth-order valence-corrected chi connectivity index (χ4v) is 2.27. The molecule has 1 unspecified atom stereocenters. The molecular weight excluding hydrogens is 242 g/mol. The molecule has 1 aliphatic heterocycles. The van der Waals surface area contributed by atoms with Gasteiger partial charge in [-0.3, -0.25) is 0 Å². The van der Waals surface area contributed by atoms with Gasteiger partial charge >= 0.3 is 0 Å². The summed E-state index contributed by atoms with van der Waals surface area (Å²) < 4.78 is 5.03. The maximum Gasteiger partial charge on any atom is 0.175 e. The van der Waals surface area contributed by atoms with Crippen molar-refractivity contribution >= 4 is 11.6 Å². The molecule has 6 heteroatoms. The van der Waals surface area contributed by atoms with Crippen molar-refractivity contribution in [2.75, 3.05) is 18.4 Å². The second-order valence-corrected chi connectivity index (χ2v) is 4.89. The normalized spacial score (nSPS) is 18.7. The minimum atomic E-state index is 0.402. The van der Waals surface area contributed by atoms with Crippen LogP contribution in [-0.4, -0.2) is 28.2 Å². The first-order valence-electron chi connectivity index (χ1n) is 6.47. The van der Waals surface area contributed by atoms with Crippen LogP contribution in [0.1, 0.15) is 29.6 Å². The number of rotatable bonds is 3. The molecule has 1 saturated heterocycles. The molecule has 2 aromatic heterocycles. The number of nitrogens with one attached hydrogen (secondary N) is 2. The van der Waals surface area contributed by atoms with E-state index in [0.29, 0.717) is 11.7 Å². The number of hydrogen-bond acceptors (Lipinski definition) is 6. The van der Waals surface area contributed by atoms with Gasteiger partial charge in [0.1, 0.15) is 17.4 Å². The van der Waals surface area contributed by atoms with Crippen molar-refractivity contribution < 1.29 is 4.52 Å². The summed E-state index contributed by atoms with van der Waals surface area (Å²) in [5.74, 6) is 3.51. The Morgan fingerprint density at radius 3 is 2.84 bits per heavy atom. The van der Waals surface area contributed by atoms with Gasteiger partial charge in [0.15, 0.2) is 5.82 Å². The van der Waals surface area contributed by atoms with E-state index in [1.165, 1.54) is 0 Å². The van der Waals surface area contributed by atoms with Crippen molar-refractivity contribution in [3.05, 3.63) is 29.4 Å². The molecule has 3 heterocycles. The number of nitrogens with zero attached hydrogens (tertiary/aromatic N) is 3. The van der Waals surface area contributed by atoms with Gasteiger partial charge in [-0.15, -0.1) is 0 Å². The molecule has 100 valence electrons. The van der Waals surface area contributed by atoms with E-state index < -0.39 is 0 Å². The molecule has 2 N–H and O–H groups in total. The Bertz CT molecular complexity index is 574. The van der Waals surface area contributed by atoms with Crippen molar-refractivity contribution in [3.8, 4) is 0 Å². The van der Waals surface area contributed by atoms with E-state index >= 15 is 0 Å². The zero-order valence-electron chi connectivity index (χ0n) is 11.1. The highest BCUT2D eigenvalue weighted by atomic mass is 16.5. The van der Waals surface area contributed by atoms with Crippen LogP contribution in [0.3, 0.4) is 0 Å². The van der Waals surface area contributed by atoms with Gasteiger partial charge in [-0.1, -0.05) is 5.16 Å². The van der Waals surface area contributed by atoms with Crippen LogP contribution >= 0.6 is 0 Å². The topological polar surface area (TPSA) is 75.9 Å². The summed E-state index contributed by atoms with van der Waals surface area (Å²) in [6.07, 6.45) is 1.09. The molecule has 2 aromatic rings. The van der Waals surface area contributed by atoms with Crippen LogP contribution in [0, 0.1) is 13.8 Å². The average Bonchev–Trinajstić information content (AvgIpc) is 3.00. The van der Waals surface area contributed by atoms with Gasteiger partial charge in [0.2, 0.25) is 0 Å². The minimum absolute atomic E-state index is 0.402. The van der Waals surface area contributed by atoms with Crippen molar-refractivity contribution in [3.63, 3.8) is 0 Å². The van der Waals surface area contributed by atoms with Gasteiger partial charge in [0, 0.05) is 30.3 Å². The lowest BCUT2D eigenvalue weighted by molar-refractivity contribution is 0.400. The Labute approximate surface area is 111 Å². The predicted octanol–water partition coefficient (Wildman–Crippen LogP) is 1.90. The van der Waals surface area contributed by atoms with Crippen LogP contribution in [0.5, 0.6) is 0 Å². The molecule has 1 aliphatic rings. The summed E-state index contributed by atoms with van der Waals surface area (Å²) in [7, 11) is 0. The smallest absolute Gasteiger partial charge is 0.175 e. The first-order chi connectivity index (χ1) is 9.20. The van der Waals surface area contributed by atoms with Crippen LogP contribution in [0.2, 0.25) is 0 Å². The second-order valence-electron chi connectivity index (χ2n) is 4.89. The Morgan fingerprint density at radius 1 is 1.26 bits per heavy atom. The molecule has 0 aromatic carbocycles. The average molecular weight is 259 g/mol. The highest BCUT2D eigenvalue weighted by Gasteiger charge is 2.20. The van der Waals surface area contributed by atoms with E-state index in [9.17, 15) is 0 Å². The fourth-order valence-electron chi connectivity index (χ4n) is 2.27. The number of aromatic nitrogens is 3. The van der Waals surface area contributed by atoms with Gasteiger partial charge < -0.3 is 15.2 Å².